The minimum atomic E-state index is -0.156. The third-order valence-electron chi connectivity index (χ3n) is 4.17. The first-order chi connectivity index (χ1) is 16.8. The predicted octanol–water partition coefficient (Wildman–Crippen LogP) is 2.39. The van der Waals surface area contributed by atoms with Crippen molar-refractivity contribution in [2.24, 2.45) is 0 Å². The van der Waals surface area contributed by atoms with Gasteiger partial charge in [0.05, 0.1) is 98.8 Å². The number of ether oxygens (including phenoxy) is 9. The number of esters is 1. The second-order valence-electron chi connectivity index (χ2n) is 7.00. The Labute approximate surface area is 205 Å². The molecule has 34 heavy (non-hydrogen) atoms. The molecule has 0 amide bonds. The van der Waals surface area contributed by atoms with E-state index in [0.717, 1.165) is 19.3 Å². The van der Waals surface area contributed by atoms with Gasteiger partial charge < -0.3 is 42.6 Å². The SMILES string of the molecule is C=COCCOCCOCCOCCOCCOCCOCCOCCOC(=O)CCCCC. The van der Waals surface area contributed by atoms with E-state index in [0.29, 0.717) is 106 Å². The molecule has 0 rings (SSSR count). The molecule has 0 aliphatic rings. The first kappa shape index (κ1) is 32.7. The van der Waals surface area contributed by atoms with Crippen molar-refractivity contribution in [1.29, 1.82) is 0 Å². The Morgan fingerprint density at radius 1 is 0.559 bits per heavy atom. The first-order valence-corrected chi connectivity index (χ1v) is 12.2. The largest absolute Gasteiger partial charge is 0.499 e. The van der Waals surface area contributed by atoms with Crippen LogP contribution in [0.15, 0.2) is 12.8 Å². The van der Waals surface area contributed by atoms with Gasteiger partial charge in [0.15, 0.2) is 0 Å². The molecule has 0 aromatic rings. The van der Waals surface area contributed by atoms with Crippen LogP contribution in [0.25, 0.3) is 0 Å². The lowest BCUT2D eigenvalue weighted by molar-refractivity contribution is -0.145. The Bertz CT molecular complexity index is 423. The zero-order chi connectivity index (χ0) is 24.8. The summed E-state index contributed by atoms with van der Waals surface area (Å²) in [5.41, 5.74) is 0. The number of unbranched alkanes of at least 4 members (excludes halogenated alkanes) is 2. The summed E-state index contributed by atoms with van der Waals surface area (Å²) in [7, 11) is 0. The van der Waals surface area contributed by atoms with Gasteiger partial charge in [0, 0.05) is 6.42 Å². The number of hydrogen-bond donors (Lipinski definition) is 0. The van der Waals surface area contributed by atoms with Gasteiger partial charge >= 0.3 is 5.97 Å². The van der Waals surface area contributed by atoms with Crippen LogP contribution in [0.1, 0.15) is 32.6 Å². The molecule has 10 nitrogen and oxygen atoms in total. The van der Waals surface area contributed by atoms with Gasteiger partial charge in [-0.25, -0.2) is 0 Å². The summed E-state index contributed by atoms with van der Waals surface area (Å²) in [6.07, 6.45) is 4.90. The molecule has 0 spiro atoms. The molecule has 0 radical (unpaired) electrons. The summed E-state index contributed by atoms with van der Waals surface area (Å²) in [5, 5.41) is 0. The fourth-order valence-electron chi connectivity index (χ4n) is 2.42. The van der Waals surface area contributed by atoms with Crippen LogP contribution in [0.4, 0.5) is 0 Å². The zero-order valence-corrected chi connectivity index (χ0v) is 21.0. The molecule has 0 N–H and O–H groups in total. The smallest absolute Gasteiger partial charge is 0.305 e. The van der Waals surface area contributed by atoms with Gasteiger partial charge in [0.1, 0.15) is 13.2 Å². The predicted molar refractivity (Wildman–Crippen MR) is 127 cm³/mol. The summed E-state index contributed by atoms with van der Waals surface area (Å²) in [5.74, 6) is -0.156. The lowest BCUT2D eigenvalue weighted by Crippen LogP contribution is -2.15. The molecular formula is C24H46O10. The van der Waals surface area contributed by atoms with Crippen LogP contribution in [-0.2, 0) is 47.4 Å². The molecule has 0 aliphatic carbocycles. The van der Waals surface area contributed by atoms with E-state index in [2.05, 4.69) is 13.5 Å². The summed E-state index contributed by atoms with van der Waals surface area (Å²) in [4.78, 5) is 11.4. The highest BCUT2D eigenvalue weighted by atomic mass is 16.6. The van der Waals surface area contributed by atoms with Crippen molar-refractivity contribution in [2.45, 2.75) is 32.6 Å². The van der Waals surface area contributed by atoms with Crippen LogP contribution in [-0.4, -0.2) is 112 Å². The van der Waals surface area contributed by atoms with Crippen LogP contribution in [0.3, 0.4) is 0 Å². The van der Waals surface area contributed by atoms with Crippen LogP contribution in [0.5, 0.6) is 0 Å². The van der Waals surface area contributed by atoms with Crippen molar-refractivity contribution in [3.8, 4) is 0 Å². The Hall–Kier alpha value is -1.27. The monoisotopic (exact) mass is 494 g/mol. The summed E-state index contributed by atoms with van der Waals surface area (Å²) >= 11 is 0. The number of rotatable bonds is 29. The lowest BCUT2D eigenvalue weighted by Gasteiger charge is -2.08. The molecule has 0 heterocycles. The van der Waals surface area contributed by atoms with Crippen LogP contribution < -0.4 is 0 Å². The Balaban J connectivity index is 3.06. The van der Waals surface area contributed by atoms with Crippen LogP contribution in [0, 0.1) is 0 Å². The van der Waals surface area contributed by atoms with Crippen molar-refractivity contribution < 1.29 is 47.4 Å². The van der Waals surface area contributed by atoms with Crippen molar-refractivity contribution in [1.82, 2.24) is 0 Å². The minimum Gasteiger partial charge on any atom is -0.499 e. The standard InChI is InChI=1S/C24H46O10/c1-3-5-6-7-24(25)34-23-22-33-21-20-32-19-18-31-17-16-30-15-14-29-13-12-28-11-10-27-9-8-26-4-2/h4H,2-3,5-23H2,1H3. The van der Waals surface area contributed by atoms with Crippen LogP contribution >= 0.6 is 0 Å². The fourth-order valence-corrected chi connectivity index (χ4v) is 2.42. The summed E-state index contributed by atoms with van der Waals surface area (Å²) in [6.45, 7) is 13.3. The van der Waals surface area contributed by atoms with Gasteiger partial charge in [-0.3, -0.25) is 4.79 Å². The van der Waals surface area contributed by atoms with Gasteiger partial charge in [0.25, 0.3) is 0 Å². The van der Waals surface area contributed by atoms with Crippen molar-refractivity contribution in [3.05, 3.63) is 12.8 Å². The number of hydrogen-bond acceptors (Lipinski definition) is 10. The van der Waals surface area contributed by atoms with Crippen molar-refractivity contribution >= 4 is 5.97 Å². The molecule has 0 aromatic carbocycles. The maximum absolute atomic E-state index is 11.4. The molecule has 0 aromatic heterocycles. The second kappa shape index (κ2) is 29.8. The third-order valence-corrected chi connectivity index (χ3v) is 4.17. The Morgan fingerprint density at radius 2 is 0.912 bits per heavy atom. The topological polar surface area (TPSA) is 100 Å². The maximum atomic E-state index is 11.4. The van der Waals surface area contributed by atoms with E-state index < -0.39 is 0 Å². The quantitative estimate of drug-likeness (QED) is 0.0875. The van der Waals surface area contributed by atoms with E-state index >= 15 is 0 Å². The Kier molecular flexibility index (Phi) is 28.6. The molecule has 10 heteroatoms. The highest BCUT2D eigenvalue weighted by Crippen LogP contribution is 2.00. The van der Waals surface area contributed by atoms with Gasteiger partial charge in [-0.15, -0.1) is 0 Å². The van der Waals surface area contributed by atoms with Crippen molar-refractivity contribution in [3.63, 3.8) is 0 Å². The molecule has 0 bridgehead atoms. The Morgan fingerprint density at radius 3 is 1.26 bits per heavy atom. The number of carbonyl (C=O) groups is 1. The molecule has 0 saturated heterocycles. The molecule has 0 aliphatic heterocycles. The van der Waals surface area contributed by atoms with E-state index in [1.54, 1.807) is 0 Å². The number of carbonyl (C=O) groups excluding carboxylic acids is 1. The highest BCUT2D eigenvalue weighted by molar-refractivity contribution is 5.69. The van der Waals surface area contributed by atoms with Gasteiger partial charge in [-0.1, -0.05) is 26.3 Å². The molecule has 0 saturated carbocycles. The van der Waals surface area contributed by atoms with Gasteiger partial charge in [-0.2, -0.15) is 0 Å². The normalized spacial score (nSPS) is 11.0. The molecule has 202 valence electrons. The van der Waals surface area contributed by atoms with E-state index in [-0.39, 0.29) is 12.6 Å². The molecular weight excluding hydrogens is 448 g/mol. The van der Waals surface area contributed by atoms with Crippen LogP contribution in [0.2, 0.25) is 0 Å². The van der Waals surface area contributed by atoms with E-state index in [9.17, 15) is 4.79 Å². The van der Waals surface area contributed by atoms with Gasteiger partial charge in [-0.05, 0) is 6.42 Å². The summed E-state index contributed by atoms with van der Waals surface area (Å²) < 4.78 is 47.7. The molecule has 0 atom stereocenters. The maximum Gasteiger partial charge on any atom is 0.305 e. The van der Waals surface area contributed by atoms with E-state index in [1.165, 1.54) is 6.26 Å². The lowest BCUT2D eigenvalue weighted by atomic mass is 10.2. The zero-order valence-electron chi connectivity index (χ0n) is 21.0. The average Bonchev–Trinajstić information content (AvgIpc) is 2.84. The van der Waals surface area contributed by atoms with Gasteiger partial charge in [0.2, 0.25) is 0 Å². The molecule has 0 unspecified atom stereocenters. The third kappa shape index (κ3) is 28.8. The fraction of sp³-hybridized carbons (Fsp3) is 0.875. The highest BCUT2D eigenvalue weighted by Gasteiger charge is 2.01. The van der Waals surface area contributed by atoms with Crippen molar-refractivity contribution in [2.75, 3.05) is 106 Å². The molecule has 0 fully saturated rings. The van der Waals surface area contributed by atoms with E-state index in [1.807, 2.05) is 0 Å². The summed E-state index contributed by atoms with van der Waals surface area (Å²) in [6, 6.07) is 0. The first-order valence-electron chi connectivity index (χ1n) is 12.2. The average molecular weight is 495 g/mol. The second-order valence-corrected chi connectivity index (χ2v) is 7.00. The van der Waals surface area contributed by atoms with E-state index in [4.69, 9.17) is 42.6 Å². The minimum absolute atomic E-state index is 0.156.